The zero-order chi connectivity index (χ0) is 14.5. The molecule has 2 unspecified atom stereocenters. The van der Waals surface area contributed by atoms with Crippen molar-refractivity contribution in [3.8, 4) is 5.75 Å². The number of rotatable bonds is 5. The van der Waals surface area contributed by atoms with Crippen molar-refractivity contribution < 1.29 is 14.6 Å². The van der Waals surface area contributed by atoms with Crippen molar-refractivity contribution in [3.05, 3.63) is 29.3 Å². The Morgan fingerprint density at radius 3 is 2.90 bits per heavy atom. The zero-order valence-corrected chi connectivity index (χ0v) is 12.2. The number of amides is 1. The van der Waals surface area contributed by atoms with Gasteiger partial charge in [-0.05, 0) is 44.2 Å². The van der Waals surface area contributed by atoms with Gasteiger partial charge >= 0.3 is 0 Å². The van der Waals surface area contributed by atoms with E-state index in [1.807, 2.05) is 19.1 Å². The highest BCUT2D eigenvalue weighted by Crippen LogP contribution is 2.25. The lowest BCUT2D eigenvalue weighted by Gasteiger charge is -2.15. The molecular formula is C16H23NO3. The second-order valence-corrected chi connectivity index (χ2v) is 5.46. The quantitative estimate of drug-likeness (QED) is 0.863. The molecule has 1 amide bonds. The number of aliphatic hydroxyl groups excluding tert-OH is 1. The Morgan fingerprint density at radius 1 is 1.45 bits per heavy atom. The lowest BCUT2D eigenvalue weighted by molar-refractivity contribution is -0.127. The maximum Gasteiger partial charge on any atom is 0.225 e. The third kappa shape index (κ3) is 3.51. The van der Waals surface area contributed by atoms with Crippen LogP contribution in [-0.4, -0.2) is 30.8 Å². The summed E-state index contributed by atoms with van der Waals surface area (Å²) < 4.78 is 5.32. The first-order valence-electron chi connectivity index (χ1n) is 7.21. The molecule has 1 aliphatic carbocycles. The van der Waals surface area contributed by atoms with Crippen molar-refractivity contribution in [2.75, 3.05) is 13.7 Å². The number of nitrogens with one attached hydrogen (secondary N) is 1. The minimum atomic E-state index is -0.469. The van der Waals surface area contributed by atoms with Crippen LogP contribution in [0.25, 0.3) is 0 Å². The summed E-state index contributed by atoms with van der Waals surface area (Å²) in [6.07, 6.45) is 2.73. The summed E-state index contributed by atoms with van der Waals surface area (Å²) in [6.45, 7) is 2.61. The first-order chi connectivity index (χ1) is 9.61. The molecule has 2 rings (SSSR count). The van der Waals surface area contributed by atoms with Crippen molar-refractivity contribution >= 4 is 5.91 Å². The maximum absolute atomic E-state index is 12.0. The van der Waals surface area contributed by atoms with Gasteiger partial charge < -0.3 is 15.2 Å². The van der Waals surface area contributed by atoms with E-state index < -0.39 is 6.10 Å². The van der Waals surface area contributed by atoms with Crippen LogP contribution in [0.3, 0.4) is 0 Å². The van der Waals surface area contributed by atoms with Crippen LogP contribution in [0.1, 0.15) is 30.4 Å². The second kappa shape index (κ2) is 6.75. The van der Waals surface area contributed by atoms with Gasteiger partial charge in [-0.25, -0.2) is 0 Å². The van der Waals surface area contributed by atoms with E-state index >= 15 is 0 Å². The van der Waals surface area contributed by atoms with E-state index in [1.54, 1.807) is 7.11 Å². The van der Waals surface area contributed by atoms with Crippen molar-refractivity contribution in [1.82, 2.24) is 5.32 Å². The summed E-state index contributed by atoms with van der Waals surface area (Å²) in [7, 11) is 1.65. The van der Waals surface area contributed by atoms with Gasteiger partial charge in [0.05, 0.1) is 19.1 Å². The molecule has 2 N–H and O–H groups in total. The van der Waals surface area contributed by atoms with Gasteiger partial charge in [-0.3, -0.25) is 4.79 Å². The second-order valence-electron chi connectivity index (χ2n) is 5.46. The Morgan fingerprint density at radius 2 is 2.25 bits per heavy atom. The number of ether oxygens (including phenoxy) is 1. The molecule has 2 atom stereocenters. The fourth-order valence-corrected chi connectivity index (χ4v) is 2.80. The first-order valence-corrected chi connectivity index (χ1v) is 7.21. The van der Waals surface area contributed by atoms with Gasteiger partial charge in [-0.2, -0.15) is 0 Å². The van der Waals surface area contributed by atoms with Crippen molar-refractivity contribution in [1.29, 1.82) is 0 Å². The summed E-state index contributed by atoms with van der Waals surface area (Å²) >= 11 is 0. The molecule has 1 aromatic rings. The Bertz CT molecular complexity index is 473. The predicted molar refractivity (Wildman–Crippen MR) is 77.8 cm³/mol. The third-order valence-electron chi connectivity index (χ3n) is 3.95. The van der Waals surface area contributed by atoms with E-state index in [1.165, 1.54) is 5.56 Å². The molecule has 1 fully saturated rings. The molecule has 4 nitrogen and oxygen atoms in total. The molecule has 1 saturated carbocycles. The molecular weight excluding hydrogens is 254 g/mol. The number of hydrogen-bond donors (Lipinski definition) is 2. The Kier molecular flexibility index (Phi) is 5.01. The molecule has 0 saturated heterocycles. The maximum atomic E-state index is 12.0. The van der Waals surface area contributed by atoms with Crippen LogP contribution in [0.2, 0.25) is 0 Å². The predicted octanol–water partition coefficient (Wildman–Crippen LogP) is 1.82. The molecule has 0 radical (unpaired) electrons. The lowest BCUT2D eigenvalue weighted by Crippen LogP contribution is -2.35. The van der Waals surface area contributed by atoms with Crippen LogP contribution < -0.4 is 10.1 Å². The zero-order valence-electron chi connectivity index (χ0n) is 12.2. The number of benzene rings is 1. The highest BCUT2D eigenvalue weighted by Gasteiger charge is 2.30. The van der Waals surface area contributed by atoms with Crippen LogP contribution in [-0.2, 0) is 11.2 Å². The molecule has 0 aliphatic heterocycles. The Hall–Kier alpha value is -1.55. The van der Waals surface area contributed by atoms with Gasteiger partial charge in [0.2, 0.25) is 5.91 Å². The van der Waals surface area contributed by atoms with Gasteiger partial charge in [-0.1, -0.05) is 17.7 Å². The van der Waals surface area contributed by atoms with Crippen molar-refractivity contribution in [3.63, 3.8) is 0 Å². The summed E-state index contributed by atoms with van der Waals surface area (Å²) in [6, 6.07) is 6.04. The largest absolute Gasteiger partial charge is 0.496 e. The number of hydrogen-bond acceptors (Lipinski definition) is 3. The van der Waals surface area contributed by atoms with E-state index in [-0.39, 0.29) is 11.8 Å². The van der Waals surface area contributed by atoms with Gasteiger partial charge in [0.15, 0.2) is 0 Å². The standard InChI is InChI=1S/C16H23NO3/c1-11-6-7-15(20-2)12(10-11)8-9-17-16(19)13-4-3-5-14(13)18/h6-7,10,13-14,18H,3-5,8-9H2,1-2H3,(H,17,19). The van der Waals surface area contributed by atoms with Crippen LogP contribution in [0.5, 0.6) is 5.75 Å². The Labute approximate surface area is 120 Å². The topological polar surface area (TPSA) is 58.6 Å². The number of methoxy groups -OCH3 is 1. The van der Waals surface area contributed by atoms with E-state index in [9.17, 15) is 9.90 Å². The monoisotopic (exact) mass is 277 g/mol. The molecule has 4 heteroatoms. The number of aliphatic hydroxyl groups is 1. The normalized spacial score (nSPS) is 21.8. The van der Waals surface area contributed by atoms with Crippen molar-refractivity contribution in [2.24, 2.45) is 5.92 Å². The van der Waals surface area contributed by atoms with Crippen LogP contribution >= 0.6 is 0 Å². The van der Waals surface area contributed by atoms with E-state index in [2.05, 4.69) is 11.4 Å². The van der Waals surface area contributed by atoms with Crippen LogP contribution in [0.4, 0.5) is 0 Å². The molecule has 20 heavy (non-hydrogen) atoms. The highest BCUT2D eigenvalue weighted by molar-refractivity contribution is 5.79. The van der Waals surface area contributed by atoms with Gasteiger partial charge in [0.25, 0.3) is 0 Å². The summed E-state index contributed by atoms with van der Waals surface area (Å²) in [5.41, 5.74) is 2.28. The molecule has 0 bridgehead atoms. The fraction of sp³-hybridized carbons (Fsp3) is 0.562. The molecule has 0 heterocycles. The number of carbonyl (C=O) groups excluding carboxylic acids is 1. The number of aryl methyl sites for hydroxylation is 1. The van der Waals surface area contributed by atoms with Crippen LogP contribution in [0, 0.1) is 12.8 Å². The fourth-order valence-electron chi connectivity index (χ4n) is 2.80. The van der Waals surface area contributed by atoms with Crippen LogP contribution in [0.15, 0.2) is 18.2 Å². The Balaban J connectivity index is 1.86. The van der Waals surface area contributed by atoms with E-state index in [0.29, 0.717) is 6.54 Å². The highest BCUT2D eigenvalue weighted by atomic mass is 16.5. The molecule has 0 aromatic heterocycles. The minimum absolute atomic E-state index is 0.0263. The molecule has 110 valence electrons. The van der Waals surface area contributed by atoms with Gasteiger partial charge in [0, 0.05) is 6.54 Å². The van der Waals surface area contributed by atoms with Gasteiger partial charge in [0.1, 0.15) is 5.75 Å². The number of carbonyl (C=O) groups is 1. The molecule has 0 spiro atoms. The first kappa shape index (κ1) is 14.9. The molecule has 1 aliphatic rings. The smallest absolute Gasteiger partial charge is 0.225 e. The molecule has 1 aromatic carbocycles. The van der Waals surface area contributed by atoms with E-state index in [0.717, 1.165) is 37.0 Å². The van der Waals surface area contributed by atoms with Gasteiger partial charge in [-0.15, -0.1) is 0 Å². The SMILES string of the molecule is COc1ccc(C)cc1CCNC(=O)C1CCCC1O. The average molecular weight is 277 g/mol. The third-order valence-corrected chi connectivity index (χ3v) is 3.95. The summed E-state index contributed by atoms with van der Waals surface area (Å²) in [4.78, 5) is 12.0. The minimum Gasteiger partial charge on any atom is -0.496 e. The van der Waals surface area contributed by atoms with E-state index in [4.69, 9.17) is 4.74 Å². The van der Waals surface area contributed by atoms with Crippen molar-refractivity contribution in [2.45, 2.75) is 38.7 Å². The summed E-state index contributed by atoms with van der Waals surface area (Å²) in [5, 5.41) is 12.6. The summed E-state index contributed by atoms with van der Waals surface area (Å²) in [5.74, 6) is 0.599. The lowest BCUT2D eigenvalue weighted by atomic mass is 10.0. The average Bonchev–Trinajstić information content (AvgIpc) is 2.85.